The molecule has 9 nitrogen and oxygen atoms in total. The van der Waals surface area contributed by atoms with Crippen molar-refractivity contribution in [3.63, 3.8) is 0 Å². The van der Waals surface area contributed by atoms with Gasteiger partial charge in [0.2, 0.25) is 0 Å². The van der Waals surface area contributed by atoms with Gasteiger partial charge in [0.15, 0.2) is 6.61 Å². The van der Waals surface area contributed by atoms with E-state index in [1.54, 1.807) is 13.8 Å². The Morgan fingerprint density at radius 2 is 1.58 bits per heavy atom. The highest BCUT2D eigenvalue weighted by molar-refractivity contribution is 6.05. The summed E-state index contributed by atoms with van der Waals surface area (Å²) < 4.78 is 14.4. The first-order valence-electron chi connectivity index (χ1n) is 7.67. The zero-order valence-electron chi connectivity index (χ0n) is 15.1. The Kier molecular flexibility index (Phi) is 7.57. The molecule has 1 amide bonds. The van der Waals surface area contributed by atoms with Crippen LogP contribution < -0.4 is 10.6 Å². The molecule has 1 aliphatic rings. The minimum atomic E-state index is -1.37. The van der Waals surface area contributed by atoms with E-state index in [2.05, 4.69) is 17.2 Å². The van der Waals surface area contributed by atoms with Crippen molar-refractivity contribution in [3.05, 3.63) is 35.2 Å². The van der Waals surface area contributed by atoms with E-state index >= 15 is 0 Å². The lowest BCUT2D eigenvalue weighted by Crippen LogP contribution is -2.39. The van der Waals surface area contributed by atoms with E-state index in [-0.39, 0.29) is 17.7 Å². The number of rotatable bonds is 7. The molecule has 0 spiro atoms. The molecule has 142 valence electrons. The smallest absolute Gasteiger partial charge is 0.336 e. The number of dihydropyridines is 1. The van der Waals surface area contributed by atoms with E-state index in [9.17, 15) is 19.2 Å². The molecule has 0 aromatic carbocycles. The summed E-state index contributed by atoms with van der Waals surface area (Å²) in [6.07, 6.45) is 1.47. The summed E-state index contributed by atoms with van der Waals surface area (Å²) in [6.45, 7) is 6.20. The molecule has 1 heterocycles. The average molecular weight is 366 g/mol. The predicted octanol–water partition coefficient (Wildman–Crippen LogP) is -0.0548. The number of nitrogens with one attached hydrogen (secondary N) is 2. The maximum absolute atomic E-state index is 12.6. The summed E-state index contributed by atoms with van der Waals surface area (Å²) in [6, 6.07) is 0. The van der Waals surface area contributed by atoms with Crippen molar-refractivity contribution in [2.45, 2.75) is 13.8 Å². The Morgan fingerprint density at radius 1 is 1.08 bits per heavy atom. The summed E-state index contributed by atoms with van der Waals surface area (Å²) in [7, 11) is 2.30. The van der Waals surface area contributed by atoms with Crippen LogP contribution in [-0.2, 0) is 33.4 Å². The minimum absolute atomic E-state index is 0.0880. The Morgan fingerprint density at radius 3 is 2.00 bits per heavy atom. The maximum Gasteiger partial charge on any atom is 0.336 e. The molecular weight excluding hydrogens is 344 g/mol. The largest absolute Gasteiger partial charge is 0.466 e. The quantitative estimate of drug-likeness (QED) is 0.365. The summed E-state index contributed by atoms with van der Waals surface area (Å²) >= 11 is 0. The third-order valence-electron chi connectivity index (χ3n) is 3.60. The molecule has 1 rings (SSSR count). The lowest BCUT2D eigenvalue weighted by molar-refractivity contribution is -0.153. The minimum Gasteiger partial charge on any atom is -0.466 e. The van der Waals surface area contributed by atoms with Gasteiger partial charge in [-0.25, -0.2) is 9.59 Å². The molecule has 26 heavy (non-hydrogen) atoms. The lowest BCUT2D eigenvalue weighted by atomic mass is 9.85. The van der Waals surface area contributed by atoms with E-state index < -0.39 is 36.3 Å². The second kappa shape index (κ2) is 9.40. The Labute approximate surface area is 151 Å². The van der Waals surface area contributed by atoms with Crippen LogP contribution in [0.5, 0.6) is 0 Å². The number of ether oxygens (including phenoxy) is 3. The fraction of sp³-hybridized carbons (Fsp3) is 0.412. The van der Waals surface area contributed by atoms with Crippen molar-refractivity contribution >= 4 is 23.8 Å². The van der Waals surface area contributed by atoms with Crippen molar-refractivity contribution in [1.29, 1.82) is 0 Å². The van der Waals surface area contributed by atoms with Gasteiger partial charge in [-0.3, -0.25) is 9.59 Å². The second-order valence-corrected chi connectivity index (χ2v) is 5.32. The van der Waals surface area contributed by atoms with Crippen LogP contribution in [0.25, 0.3) is 0 Å². The Balaban J connectivity index is 3.18. The number of hydrogen-bond acceptors (Lipinski definition) is 8. The molecule has 0 aliphatic carbocycles. The first-order chi connectivity index (χ1) is 12.3. The molecule has 0 bridgehead atoms. The van der Waals surface area contributed by atoms with E-state index in [1.165, 1.54) is 6.08 Å². The SMILES string of the molecule is C=CCNC(=O)COC(=O)C1C(C(=O)OC)=C(C)NC(C)=C1C(=O)OC. The summed E-state index contributed by atoms with van der Waals surface area (Å²) in [5.41, 5.74) is 0.491. The molecule has 0 atom stereocenters. The number of esters is 3. The van der Waals surface area contributed by atoms with Gasteiger partial charge < -0.3 is 24.8 Å². The zero-order valence-corrected chi connectivity index (χ0v) is 15.1. The molecule has 1 aliphatic heterocycles. The third kappa shape index (κ3) is 4.71. The molecular formula is C17H22N2O7. The van der Waals surface area contributed by atoms with Crippen molar-refractivity contribution in [3.8, 4) is 0 Å². The molecule has 0 radical (unpaired) electrons. The number of methoxy groups -OCH3 is 2. The number of carbonyl (C=O) groups excluding carboxylic acids is 4. The standard InChI is InChI=1S/C17H22N2O7/c1-6-7-18-11(20)8-26-17(23)14-12(15(21)24-4)9(2)19-10(3)13(14)16(22)25-5/h6,14,19H,1,7-8H2,2-5H3,(H,18,20). The van der Waals surface area contributed by atoms with Crippen LogP contribution in [0.4, 0.5) is 0 Å². The molecule has 0 saturated heterocycles. The van der Waals surface area contributed by atoms with Crippen molar-refractivity contribution in [2.24, 2.45) is 5.92 Å². The Hall–Kier alpha value is -3.10. The van der Waals surface area contributed by atoms with Crippen LogP contribution in [0, 0.1) is 5.92 Å². The van der Waals surface area contributed by atoms with Gasteiger partial charge in [-0.1, -0.05) is 6.08 Å². The van der Waals surface area contributed by atoms with Gasteiger partial charge >= 0.3 is 17.9 Å². The first-order valence-corrected chi connectivity index (χ1v) is 7.67. The molecule has 2 N–H and O–H groups in total. The normalized spacial score (nSPS) is 14.3. The number of amides is 1. The fourth-order valence-electron chi connectivity index (χ4n) is 2.45. The summed E-state index contributed by atoms with van der Waals surface area (Å²) in [5, 5.41) is 5.29. The van der Waals surface area contributed by atoms with Crippen LogP contribution in [0.2, 0.25) is 0 Å². The van der Waals surface area contributed by atoms with Gasteiger partial charge in [-0.05, 0) is 13.8 Å². The topological polar surface area (TPSA) is 120 Å². The average Bonchev–Trinajstić information content (AvgIpc) is 2.62. The van der Waals surface area contributed by atoms with E-state index in [4.69, 9.17) is 14.2 Å². The van der Waals surface area contributed by atoms with E-state index in [1.807, 2.05) is 0 Å². The lowest BCUT2D eigenvalue weighted by Gasteiger charge is -2.28. The van der Waals surface area contributed by atoms with Gasteiger partial charge in [0.05, 0.1) is 25.4 Å². The van der Waals surface area contributed by atoms with Crippen LogP contribution >= 0.6 is 0 Å². The highest BCUT2D eigenvalue weighted by atomic mass is 16.5. The van der Waals surface area contributed by atoms with Crippen LogP contribution in [0.1, 0.15) is 13.8 Å². The first kappa shape index (κ1) is 20.9. The van der Waals surface area contributed by atoms with Crippen molar-refractivity contribution < 1.29 is 33.4 Å². The molecule has 0 fully saturated rings. The predicted molar refractivity (Wildman–Crippen MR) is 90.2 cm³/mol. The van der Waals surface area contributed by atoms with Crippen LogP contribution in [0.3, 0.4) is 0 Å². The molecule has 0 unspecified atom stereocenters. The van der Waals surface area contributed by atoms with Gasteiger partial charge in [-0.2, -0.15) is 0 Å². The number of allylic oxidation sites excluding steroid dienone is 2. The highest BCUT2D eigenvalue weighted by Crippen LogP contribution is 2.32. The molecule has 0 aromatic heterocycles. The van der Waals surface area contributed by atoms with Crippen molar-refractivity contribution in [2.75, 3.05) is 27.4 Å². The highest BCUT2D eigenvalue weighted by Gasteiger charge is 2.42. The monoisotopic (exact) mass is 366 g/mol. The Bertz CT molecular complexity index is 653. The van der Waals surface area contributed by atoms with Crippen LogP contribution in [0.15, 0.2) is 35.2 Å². The van der Waals surface area contributed by atoms with E-state index in [0.29, 0.717) is 11.4 Å². The summed E-state index contributed by atoms with van der Waals surface area (Å²) in [4.78, 5) is 48.5. The third-order valence-corrected chi connectivity index (χ3v) is 3.60. The number of hydrogen-bond donors (Lipinski definition) is 2. The van der Waals surface area contributed by atoms with Gasteiger partial charge in [0.1, 0.15) is 5.92 Å². The number of carbonyl (C=O) groups is 4. The van der Waals surface area contributed by atoms with Crippen LogP contribution in [-0.4, -0.2) is 51.2 Å². The maximum atomic E-state index is 12.6. The van der Waals surface area contributed by atoms with Crippen molar-refractivity contribution in [1.82, 2.24) is 10.6 Å². The zero-order chi connectivity index (χ0) is 19.9. The molecule has 9 heteroatoms. The molecule has 0 aromatic rings. The second-order valence-electron chi connectivity index (χ2n) is 5.32. The fourth-order valence-corrected chi connectivity index (χ4v) is 2.45. The molecule has 0 saturated carbocycles. The summed E-state index contributed by atoms with van der Waals surface area (Å²) in [5.74, 6) is -4.47. The van der Waals surface area contributed by atoms with Gasteiger partial charge in [-0.15, -0.1) is 6.58 Å². The van der Waals surface area contributed by atoms with E-state index in [0.717, 1.165) is 14.2 Å². The van der Waals surface area contributed by atoms with Gasteiger partial charge in [0.25, 0.3) is 5.91 Å². The van der Waals surface area contributed by atoms with Gasteiger partial charge in [0, 0.05) is 17.9 Å².